The van der Waals surface area contributed by atoms with E-state index in [1.54, 1.807) is 37.5 Å². The summed E-state index contributed by atoms with van der Waals surface area (Å²) in [5.74, 6) is 1.58. The van der Waals surface area contributed by atoms with E-state index in [0.717, 1.165) is 24.8 Å². The van der Waals surface area contributed by atoms with E-state index in [1.807, 2.05) is 12.1 Å². The SMILES string of the molecule is Cn1cc2c(cc1=O)OCCCCc1cc(Cl)ccc1Oc1ccc(CS(C)(=O)=O)cc1-2. The van der Waals surface area contributed by atoms with Gasteiger partial charge in [-0.15, -0.1) is 0 Å². The van der Waals surface area contributed by atoms with Crippen molar-refractivity contribution in [1.29, 1.82) is 0 Å². The van der Waals surface area contributed by atoms with Crippen LogP contribution in [0.4, 0.5) is 0 Å². The van der Waals surface area contributed by atoms with Gasteiger partial charge in [-0.25, -0.2) is 8.42 Å². The highest BCUT2D eigenvalue weighted by molar-refractivity contribution is 7.89. The van der Waals surface area contributed by atoms with Crippen LogP contribution in [0.3, 0.4) is 0 Å². The monoisotopic (exact) mass is 473 g/mol. The summed E-state index contributed by atoms with van der Waals surface area (Å²) in [4.78, 5) is 12.3. The lowest BCUT2D eigenvalue weighted by Gasteiger charge is -2.19. The van der Waals surface area contributed by atoms with Crippen LogP contribution in [0.25, 0.3) is 11.1 Å². The fourth-order valence-electron chi connectivity index (χ4n) is 3.76. The molecule has 3 aromatic rings. The third-order valence-corrected chi connectivity index (χ3v) is 6.39. The van der Waals surface area contributed by atoms with Gasteiger partial charge in [0, 0.05) is 41.7 Å². The minimum Gasteiger partial charge on any atom is -0.493 e. The Morgan fingerprint density at radius 2 is 1.78 bits per heavy atom. The molecular formula is C24H24ClNO5S. The van der Waals surface area contributed by atoms with E-state index >= 15 is 0 Å². The molecule has 0 aliphatic carbocycles. The summed E-state index contributed by atoms with van der Waals surface area (Å²) < 4.78 is 37.6. The third kappa shape index (κ3) is 5.16. The van der Waals surface area contributed by atoms with Gasteiger partial charge in [-0.05, 0) is 60.7 Å². The normalized spacial score (nSPS) is 14.0. The van der Waals surface area contributed by atoms with Crippen LogP contribution >= 0.6 is 11.6 Å². The largest absolute Gasteiger partial charge is 0.493 e. The molecule has 168 valence electrons. The molecule has 0 saturated heterocycles. The summed E-state index contributed by atoms with van der Waals surface area (Å²) in [6.45, 7) is 0.454. The summed E-state index contributed by atoms with van der Waals surface area (Å²) in [6.07, 6.45) is 5.32. The van der Waals surface area contributed by atoms with Gasteiger partial charge in [-0.2, -0.15) is 0 Å². The second-order valence-electron chi connectivity index (χ2n) is 8.06. The number of nitrogens with zero attached hydrogens (tertiary/aromatic N) is 1. The van der Waals surface area contributed by atoms with E-state index in [0.29, 0.717) is 45.6 Å². The Morgan fingerprint density at radius 1 is 1.00 bits per heavy atom. The molecule has 1 aliphatic rings. The number of fused-ring (bicyclic) bond motifs is 4. The lowest BCUT2D eigenvalue weighted by molar-refractivity contribution is 0.306. The summed E-state index contributed by atoms with van der Waals surface area (Å²) in [5, 5.41) is 0.639. The van der Waals surface area contributed by atoms with Crippen LogP contribution in [0.15, 0.2) is 53.5 Å². The Morgan fingerprint density at radius 3 is 2.56 bits per heavy atom. The Labute approximate surface area is 192 Å². The van der Waals surface area contributed by atoms with Crippen LogP contribution in [0.5, 0.6) is 17.2 Å². The second kappa shape index (κ2) is 9.00. The first kappa shape index (κ1) is 22.4. The number of hydrogen-bond donors (Lipinski definition) is 0. The minimum atomic E-state index is -3.23. The highest BCUT2D eigenvalue weighted by Crippen LogP contribution is 2.40. The molecule has 0 unspecified atom stereocenters. The molecule has 2 aromatic carbocycles. The van der Waals surface area contributed by atoms with E-state index in [2.05, 4.69) is 0 Å². The number of aryl methyl sites for hydroxylation is 2. The number of sulfone groups is 1. The number of aromatic nitrogens is 1. The molecule has 32 heavy (non-hydrogen) atoms. The average Bonchev–Trinajstić information content (AvgIpc) is 2.71. The molecule has 0 atom stereocenters. The summed E-state index contributed by atoms with van der Waals surface area (Å²) in [6, 6.07) is 12.3. The van der Waals surface area contributed by atoms with Crippen molar-refractivity contribution in [2.75, 3.05) is 12.9 Å². The van der Waals surface area contributed by atoms with Gasteiger partial charge < -0.3 is 14.0 Å². The van der Waals surface area contributed by atoms with E-state index in [1.165, 1.54) is 16.9 Å². The first-order valence-electron chi connectivity index (χ1n) is 10.3. The molecule has 0 bridgehead atoms. The quantitative estimate of drug-likeness (QED) is 0.536. The predicted octanol–water partition coefficient (Wildman–Crippen LogP) is 4.76. The molecule has 0 amide bonds. The van der Waals surface area contributed by atoms with Gasteiger partial charge in [-0.1, -0.05) is 17.7 Å². The van der Waals surface area contributed by atoms with E-state index in [4.69, 9.17) is 21.1 Å². The van der Waals surface area contributed by atoms with Gasteiger partial charge in [0.05, 0.1) is 12.4 Å². The van der Waals surface area contributed by atoms with Crippen LogP contribution in [-0.2, 0) is 29.1 Å². The molecule has 1 aromatic heterocycles. The molecule has 4 rings (SSSR count). The molecule has 0 fully saturated rings. The zero-order chi connectivity index (χ0) is 22.9. The highest BCUT2D eigenvalue weighted by Gasteiger charge is 2.19. The number of benzene rings is 2. The number of rotatable bonds is 2. The van der Waals surface area contributed by atoms with Gasteiger partial charge in [0.1, 0.15) is 17.2 Å². The van der Waals surface area contributed by atoms with E-state index < -0.39 is 9.84 Å². The average molecular weight is 474 g/mol. The van der Waals surface area contributed by atoms with Gasteiger partial charge in [-0.3, -0.25) is 4.79 Å². The number of ether oxygens (including phenoxy) is 2. The standard InChI is InChI=1S/C24H24ClNO5S/c1-26-14-20-19-11-16(15-32(2,28)29)6-8-22(19)31-21-9-7-18(25)12-17(21)5-3-4-10-30-23(20)13-24(26)27/h6-9,11-14H,3-5,10,15H2,1-2H3. The molecule has 0 saturated carbocycles. The smallest absolute Gasteiger partial charge is 0.254 e. The van der Waals surface area contributed by atoms with Crippen LogP contribution < -0.4 is 15.0 Å². The van der Waals surface area contributed by atoms with E-state index in [9.17, 15) is 13.2 Å². The summed E-state index contributed by atoms with van der Waals surface area (Å²) >= 11 is 6.21. The predicted molar refractivity (Wildman–Crippen MR) is 126 cm³/mol. The van der Waals surface area contributed by atoms with Gasteiger partial charge in [0.25, 0.3) is 5.56 Å². The Kier molecular flexibility index (Phi) is 6.31. The summed E-state index contributed by atoms with van der Waals surface area (Å²) in [5.41, 5.74) is 2.74. The first-order valence-corrected chi connectivity index (χ1v) is 12.7. The van der Waals surface area contributed by atoms with Crippen molar-refractivity contribution < 1.29 is 17.9 Å². The van der Waals surface area contributed by atoms with Crippen LogP contribution in [0.2, 0.25) is 5.02 Å². The maximum absolute atomic E-state index is 12.3. The highest BCUT2D eigenvalue weighted by atomic mass is 35.5. The molecule has 0 N–H and O–H groups in total. The molecule has 1 aliphatic heterocycles. The Bertz CT molecular complexity index is 1330. The molecular weight excluding hydrogens is 450 g/mol. The molecule has 0 spiro atoms. The van der Waals surface area contributed by atoms with Gasteiger partial charge in [0.2, 0.25) is 0 Å². The van der Waals surface area contributed by atoms with Crippen molar-refractivity contribution in [3.8, 4) is 28.4 Å². The van der Waals surface area contributed by atoms with Crippen LogP contribution in [0.1, 0.15) is 24.0 Å². The molecule has 2 heterocycles. The number of halogens is 1. The van der Waals surface area contributed by atoms with Crippen molar-refractivity contribution in [3.05, 3.63) is 75.2 Å². The zero-order valence-electron chi connectivity index (χ0n) is 17.9. The Hall–Kier alpha value is -2.77. The molecule has 8 heteroatoms. The first-order chi connectivity index (χ1) is 15.2. The topological polar surface area (TPSA) is 74.6 Å². The number of hydrogen-bond acceptors (Lipinski definition) is 5. The van der Waals surface area contributed by atoms with Gasteiger partial charge in [0.15, 0.2) is 9.84 Å². The Balaban J connectivity index is 1.93. The fourth-order valence-corrected chi connectivity index (χ4v) is 4.74. The van der Waals surface area contributed by atoms with Gasteiger partial charge >= 0.3 is 0 Å². The minimum absolute atomic E-state index is 0.103. The van der Waals surface area contributed by atoms with Crippen molar-refractivity contribution >= 4 is 21.4 Å². The van der Waals surface area contributed by atoms with E-state index in [-0.39, 0.29) is 11.3 Å². The molecule has 0 radical (unpaired) electrons. The van der Waals surface area contributed by atoms with Crippen molar-refractivity contribution in [2.24, 2.45) is 7.05 Å². The summed E-state index contributed by atoms with van der Waals surface area (Å²) in [7, 11) is -1.57. The lowest BCUT2D eigenvalue weighted by Crippen LogP contribution is -2.16. The lowest BCUT2D eigenvalue weighted by atomic mass is 10.0. The van der Waals surface area contributed by atoms with Crippen molar-refractivity contribution in [1.82, 2.24) is 4.57 Å². The maximum Gasteiger partial charge on any atom is 0.254 e. The fraction of sp³-hybridized carbons (Fsp3) is 0.292. The number of pyridine rings is 1. The van der Waals surface area contributed by atoms with Crippen molar-refractivity contribution in [2.45, 2.75) is 25.0 Å². The second-order valence-corrected chi connectivity index (χ2v) is 10.6. The van der Waals surface area contributed by atoms with Crippen LogP contribution in [0, 0.1) is 0 Å². The third-order valence-electron chi connectivity index (χ3n) is 5.29. The zero-order valence-corrected chi connectivity index (χ0v) is 19.5. The van der Waals surface area contributed by atoms with Crippen molar-refractivity contribution in [3.63, 3.8) is 0 Å². The maximum atomic E-state index is 12.3. The van der Waals surface area contributed by atoms with Crippen LogP contribution in [-0.4, -0.2) is 25.8 Å². The molecule has 6 nitrogen and oxygen atoms in total.